The molecule has 0 radical (unpaired) electrons. The Morgan fingerprint density at radius 3 is 2.43 bits per heavy atom. The first-order chi connectivity index (χ1) is 14.3. The summed E-state index contributed by atoms with van der Waals surface area (Å²) in [5, 5.41) is 2.70. The zero-order valence-corrected chi connectivity index (χ0v) is 17.0. The number of carbonyl (C=O) groups is 2. The van der Waals surface area contributed by atoms with Gasteiger partial charge in [0.15, 0.2) is 0 Å². The van der Waals surface area contributed by atoms with Crippen LogP contribution in [0.15, 0.2) is 78.0 Å². The van der Waals surface area contributed by atoms with Crippen LogP contribution in [0.4, 0.5) is 5.69 Å². The summed E-state index contributed by atoms with van der Waals surface area (Å²) in [6.07, 6.45) is 2.90. The second-order valence-electron chi connectivity index (χ2n) is 6.39. The van der Waals surface area contributed by atoms with Crippen molar-refractivity contribution in [2.24, 2.45) is 0 Å². The second-order valence-corrected chi connectivity index (χ2v) is 8.42. The van der Waals surface area contributed by atoms with Gasteiger partial charge in [-0.25, -0.2) is 4.21 Å². The number of benzene rings is 2. The summed E-state index contributed by atoms with van der Waals surface area (Å²) >= 11 is 0. The van der Waals surface area contributed by atoms with E-state index in [0.717, 1.165) is 0 Å². The van der Waals surface area contributed by atoms with Crippen LogP contribution in [0, 0.1) is 11.8 Å². The third-order valence-corrected chi connectivity index (χ3v) is 5.46. The van der Waals surface area contributed by atoms with Gasteiger partial charge in [0, 0.05) is 41.0 Å². The lowest BCUT2D eigenvalue weighted by Gasteiger charge is -2.11. The number of carbonyl (C=O) groups excluding carboxylic acids is 2. The van der Waals surface area contributed by atoms with Gasteiger partial charge in [0.1, 0.15) is 0 Å². The minimum Gasteiger partial charge on any atom is -0.326 e. The molecule has 0 spiro atoms. The minimum absolute atomic E-state index is 0.166. The molecular weight excluding hydrogens is 398 g/mol. The standard InChI is InChI=1S/C23H19N3O3S/c1-17(27)25-21-8-6-7-18(14-21)11-12-19-13-20(16-24-15-19)23(28)26-30(2,29)22-9-4-3-5-10-22/h3-10,13-16H,2H2,1H3,(H,25,27)(H,26,28,29). The van der Waals surface area contributed by atoms with Crippen LogP contribution in [-0.2, 0) is 14.5 Å². The lowest BCUT2D eigenvalue weighted by molar-refractivity contribution is -0.114. The van der Waals surface area contributed by atoms with Crippen LogP contribution >= 0.6 is 0 Å². The Bertz CT molecular complexity index is 1260. The van der Waals surface area contributed by atoms with Crippen molar-refractivity contribution in [3.63, 3.8) is 0 Å². The normalized spacial score (nSPS) is 12.0. The van der Waals surface area contributed by atoms with Crippen LogP contribution in [0.5, 0.6) is 0 Å². The summed E-state index contributed by atoms with van der Waals surface area (Å²) in [6, 6.07) is 17.2. The fraction of sp³-hybridized carbons (Fsp3) is 0.0435. The lowest BCUT2D eigenvalue weighted by atomic mass is 10.1. The quantitative estimate of drug-likeness (QED) is 0.505. The van der Waals surface area contributed by atoms with Crippen LogP contribution in [0.2, 0.25) is 0 Å². The molecular formula is C23H19N3O3S. The van der Waals surface area contributed by atoms with Gasteiger partial charge in [0.05, 0.1) is 15.3 Å². The smallest absolute Gasteiger partial charge is 0.264 e. The SMILES string of the molecule is C=S(=O)(NC(=O)c1cncc(C#Cc2cccc(NC(C)=O)c2)c1)c1ccccc1. The summed E-state index contributed by atoms with van der Waals surface area (Å²) < 4.78 is 15.2. The molecule has 1 unspecified atom stereocenters. The Kier molecular flexibility index (Phi) is 6.30. The van der Waals surface area contributed by atoms with Crippen molar-refractivity contribution in [2.75, 3.05) is 5.32 Å². The Morgan fingerprint density at radius 1 is 0.967 bits per heavy atom. The monoisotopic (exact) mass is 417 g/mol. The van der Waals surface area contributed by atoms with E-state index in [9.17, 15) is 13.8 Å². The lowest BCUT2D eigenvalue weighted by Crippen LogP contribution is -2.30. The number of rotatable bonds is 4. The van der Waals surface area contributed by atoms with Crippen molar-refractivity contribution in [1.82, 2.24) is 9.71 Å². The highest BCUT2D eigenvalue weighted by molar-refractivity contribution is 7.99. The molecule has 0 bridgehead atoms. The molecule has 30 heavy (non-hydrogen) atoms. The van der Waals surface area contributed by atoms with E-state index in [4.69, 9.17) is 0 Å². The molecule has 0 saturated heterocycles. The number of amides is 2. The number of pyridine rings is 1. The van der Waals surface area contributed by atoms with E-state index in [1.54, 1.807) is 60.7 Å². The number of nitrogens with one attached hydrogen (secondary N) is 2. The van der Waals surface area contributed by atoms with Gasteiger partial charge in [-0.05, 0) is 42.3 Å². The summed E-state index contributed by atoms with van der Waals surface area (Å²) in [5.41, 5.74) is 2.08. The van der Waals surface area contributed by atoms with Gasteiger partial charge < -0.3 is 5.32 Å². The van der Waals surface area contributed by atoms with E-state index >= 15 is 0 Å². The van der Waals surface area contributed by atoms with E-state index in [2.05, 4.69) is 32.7 Å². The first kappa shape index (κ1) is 20.8. The number of nitrogens with zero attached hydrogens (tertiary/aromatic N) is 1. The highest BCUT2D eigenvalue weighted by Gasteiger charge is 2.13. The first-order valence-electron chi connectivity index (χ1n) is 8.92. The van der Waals surface area contributed by atoms with E-state index < -0.39 is 15.6 Å². The summed E-state index contributed by atoms with van der Waals surface area (Å²) in [6.45, 7) is 1.43. The van der Waals surface area contributed by atoms with Crippen molar-refractivity contribution in [3.8, 4) is 11.8 Å². The largest absolute Gasteiger partial charge is 0.326 e. The zero-order chi connectivity index (χ0) is 21.6. The maximum absolute atomic E-state index is 12.8. The zero-order valence-electron chi connectivity index (χ0n) is 16.2. The van der Waals surface area contributed by atoms with Gasteiger partial charge >= 0.3 is 0 Å². The van der Waals surface area contributed by atoms with Crippen LogP contribution in [0.25, 0.3) is 0 Å². The van der Waals surface area contributed by atoms with Crippen LogP contribution in [0.1, 0.15) is 28.4 Å². The molecule has 0 aliphatic rings. The predicted molar refractivity (Wildman–Crippen MR) is 118 cm³/mol. The number of hydrogen-bond donors (Lipinski definition) is 2. The van der Waals surface area contributed by atoms with Gasteiger partial charge in [-0.3, -0.25) is 19.3 Å². The summed E-state index contributed by atoms with van der Waals surface area (Å²) in [7, 11) is -2.99. The molecule has 2 amide bonds. The average Bonchev–Trinajstić information content (AvgIpc) is 2.73. The Morgan fingerprint density at radius 2 is 1.70 bits per heavy atom. The molecule has 6 nitrogen and oxygen atoms in total. The van der Waals surface area contributed by atoms with Crippen LogP contribution in [-0.4, -0.2) is 26.9 Å². The molecule has 0 saturated carbocycles. The Hall–Kier alpha value is -3.89. The van der Waals surface area contributed by atoms with E-state index in [-0.39, 0.29) is 11.5 Å². The molecule has 1 heterocycles. The highest BCUT2D eigenvalue weighted by atomic mass is 32.2. The van der Waals surface area contributed by atoms with Gasteiger partial charge in [-0.2, -0.15) is 0 Å². The third kappa shape index (κ3) is 5.56. The highest BCUT2D eigenvalue weighted by Crippen LogP contribution is 2.11. The molecule has 2 aromatic carbocycles. The maximum Gasteiger partial charge on any atom is 0.264 e. The summed E-state index contributed by atoms with van der Waals surface area (Å²) in [5.74, 6) is 8.84. The molecule has 1 aromatic heterocycles. The number of aromatic nitrogens is 1. The third-order valence-electron chi connectivity index (χ3n) is 3.92. The van der Waals surface area contributed by atoms with Crippen molar-refractivity contribution in [2.45, 2.75) is 11.8 Å². The van der Waals surface area contributed by atoms with Crippen molar-refractivity contribution in [1.29, 1.82) is 0 Å². The number of hydrogen-bond acceptors (Lipinski definition) is 4. The minimum atomic E-state index is -2.99. The van der Waals surface area contributed by atoms with E-state index in [1.807, 2.05) is 0 Å². The van der Waals surface area contributed by atoms with Gasteiger partial charge in [-0.1, -0.05) is 36.1 Å². The van der Waals surface area contributed by atoms with Crippen molar-refractivity contribution in [3.05, 3.63) is 89.7 Å². The van der Waals surface area contributed by atoms with Crippen molar-refractivity contribution < 1.29 is 13.8 Å². The van der Waals surface area contributed by atoms with Gasteiger partial charge in [-0.15, -0.1) is 0 Å². The topological polar surface area (TPSA) is 88.2 Å². The van der Waals surface area contributed by atoms with Gasteiger partial charge in [0.25, 0.3) is 5.91 Å². The molecule has 3 rings (SSSR count). The molecule has 0 aliphatic heterocycles. The van der Waals surface area contributed by atoms with Crippen LogP contribution in [0.3, 0.4) is 0 Å². The van der Waals surface area contributed by atoms with Gasteiger partial charge in [0.2, 0.25) is 5.91 Å². The summed E-state index contributed by atoms with van der Waals surface area (Å²) in [4.78, 5) is 28.2. The average molecular weight is 417 g/mol. The molecule has 0 fully saturated rings. The second kappa shape index (κ2) is 9.07. The van der Waals surface area contributed by atoms with Crippen molar-refractivity contribution >= 4 is 33.1 Å². The molecule has 2 N–H and O–H groups in total. The number of anilines is 1. The maximum atomic E-state index is 12.8. The molecule has 0 aliphatic carbocycles. The van der Waals surface area contributed by atoms with E-state index in [1.165, 1.54) is 19.3 Å². The molecule has 3 aromatic rings. The Balaban J connectivity index is 1.78. The van der Waals surface area contributed by atoms with Crippen LogP contribution < -0.4 is 10.0 Å². The Labute approximate surface area is 175 Å². The molecule has 1 atom stereocenters. The van der Waals surface area contributed by atoms with E-state index in [0.29, 0.717) is 21.7 Å². The predicted octanol–water partition coefficient (Wildman–Crippen LogP) is 2.86. The first-order valence-corrected chi connectivity index (χ1v) is 10.7. The molecule has 7 heteroatoms. The fourth-order valence-corrected chi connectivity index (χ4v) is 3.69. The fourth-order valence-electron chi connectivity index (χ4n) is 2.56. The molecule has 150 valence electrons.